The third kappa shape index (κ3) is 3.61. The summed E-state index contributed by atoms with van der Waals surface area (Å²) in [4.78, 5) is 14.2. The highest BCUT2D eigenvalue weighted by Crippen LogP contribution is 2.17. The van der Waals surface area contributed by atoms with Crippen molar-refractivity contribution in [2.45, 2.75) is 6.42 Å². The maximum absolute atomic E-state index is 12.5. The second-order valence-corrected chi connectivity index (χ2v) is 5.64. The normalized spacial score (nSPS) is 18.6. The molecule has 1 N–H and O–H groups in total. The number of rotatable bonds is 5. The fourth-order valence-corrected chi connectivity index (χ4v) is 2.67. The lowest BCUT2D eigenvalue weighted by Gasteiger charge is -2.14. The molecule has 1 atom stereocenters. The van der Waals surface area contributed by atoms with Crippen LogP contribution in [0.3, 0.4) is 0 Å². The molecule has 2 aromatic rings. The number of carbonyl (C=O) groups is 1. The maximum atomic E-state index is 12.5. The van der Waals surface area contributed by atoms with Gasteiger partial charge < -0.3 is 4.90 Å². The zero-order valence-corrected chi connectivity index (χ0v) is 13.2. The maximum Gasteiger partial charge on any atom is 0.271 e. The van der Waals surface area contributed by atoms with Crippen molar-refractivity contribution in [3.63, 3.8) is 0 Å². The number of hydrogen-bond donors (Lipinski definition) is 1. The molecule has 0 aliphatic carbocycles. The molecule has 1 aliphatic heterocycles. The Hall–Kier alpha value is -3.13. The second kappa shape index (κ2) is 7.42. The molecule has 5 nitrogen and oxygen atoms in total. The van der Waals surface area contributed by atoms with Crippen LogP contribution in [-0.4, -0.2) is 29.6 Å². The summed E-state index contributed by atoms with van der Waals surface area (Å²) in [5, 5.41) is 13.5. The van der Waals surface area contributed by atoms with Crippen molar-refractivity contribution in [1.29, 1.82) is 5.26 Å². The third-order valence-electron chi connectivity index (χ3n) is 3.99. The van der Waals surface area contributed by atoms with Crippen LogP contribution in [0.15, 0.2) is 65.8 Å². The summed E-state index contributed by atoms with van der Waals surface area (Å²) in [7, 11) is 0. The van der Waals surface area contributed by atoms with E-state index in [2.05, 4.69) is 16.6 Å². The molecule has 2 aromatic carbocycles. The summed E-state index contributed by atoms with van der Waals surface area (Å²) in [6, 6.07) is 21.6. The van der Waals surface area contributed by atoms with E-state index in [4.69, 9.17) is 0 Å². The van der Waals surface area contributed by atoms with E-state index in [9.17, 15) is 10.1 Å². The molecule has 1 heterocycles. The summed E-state index contributed by atoms with van der Waals surface area (Å²) in [5.74, 6) is -0.662. The molecule has 5 heteroatoms. The molecule has 3 rings (SSSR count). The Morgan fingerprint density at radius 3 is 2.46 bits per heavy atom. The molecule has 0 saturated carbocycles. The molecule has 0 unspecified atom stereocenters. The van der Waals surface area contributed by atoms with Gasteiger partial charge in [0.15, 0.2) is 0 Å². The Bertz CT molecular complexity index is 765. The van der Waals surface area contributed by atoms with Gasteiger partial charge in [0.05, 0.1) is 11.8 Å². The van der Waals surface area contributed by atoms with Gasteiger partial charge in [0.2, 0.25) is 0 Å². The minimum Gasteiger partial charge on any atom is -0.335 e. The minimum atomic E-state index is -0.496. The lowest BCUT2D eigenvalue weighted by Crippen LogP contribution is -2.29. The number of amides is 1. The van der Waals surface area contributed by atoms with Crippen molar-refractivity contribution in [2.24, 2.45) is 11.0 Å². The van der Waals surface area contributed by atoms with Gasteiger partial charge in [-0.15, -0.1) is 0 Å². The number of likely N-dealkylation sites (tertiary alicyclic amines) is 1. The van der Waals surface area contributed by atoms with Gasteiger partial charge in [0, 0.05) is 13.1 Å². The highest BCUT2D eigenvalue weighted by molar-refractivity contribution is 6.42. The zero-order chi connectivity index (χ0) is 16.8. The summed E-state index contributed by atoms with van der Waals surface area (Å²) < 4.78 is 0. The summed E-state index contributed by atoms with van der Waals surface area (Å²) >= 11 is 0. The van der Waals surface area contributed by atoms with Crippen LogP contribution in [0.1, 0.15) is 5.56 Å². The van der Waals surface area contributed by atoms with Crippen molar-refractivity contribution in [3.05, 3.63) is 66.2 Å². The number of hydrazone groups is 1. The average Bonchev–Trinajstić information content (AvgIpc) is 2.95. The molecule has 1 amide bonds. The molecular formula is C19H18N4O. The Morgan fingerprint density at radius 2 is 1.79 bits per heavy atom. The van der Waals surface area contributed by atoms with Gasteiger partial charge in [-0.05, 0) is 24.1 Å². The fourth-order valence-electron chi connectivity index (χ4n) is 2.67. The van der Waals surface area contributed by atoms with Crippen LogP contribution in [0.5, 0.6) is 0 Å². The Kier molecular flexibility index (Phi) is 4.87. The summed E-state index contributed by atoms with van der Waals surface area (Å²) in [6.45, 7) is 0.989. The van der Waals surface area contributed by atoms with Crippen molar-refractivity contribution in [1.82, 2.24) is 4.90 Å². The number of anilines is 1. The van der Waals surface area contributed by atoms with Gasteiger partial charge in [-0.2, -0.15) is 10.4 Å². The minimum absolute atomic E-state index is 0.166. The van der Waals surface area contributed by atoms with E-state index in [-0.39, 0.29) is 11.6 Å². The van der Waals surface area contributed by atoms with Crippen molar-refractivity contribution >= 4 is 17.3 Å². The monoisotopic (exact) mass is 318 g/mol. The number of nitrogens with one attached hydrogen (secondary N) is 1. The van der Waals surface area contributed by atoms with E-state index in [0.29, 0.717) is 13.1 Å². The number of nitrogens with zero attached hydrogens (tertiary/aromatic N) is 3. The second-order valence-electron chi connectivity index (χ2n) is 5.64. The predicted octanol–water partition coefficient (Wildman–Crippen LogP) is 2.68. The first-order valence-corrected chi connectivity index (χ1v) is 7.89. The topological polar surface area (TPSA) is 68.5 Å². The van der Waals surface area contributed by atoms with Crippen molar-refractivity contribution in [2.75, 3.05) is 18.5 Å². The molecule has 120 valence electrons. The van der Waals surface area contributed by atoms with Crippen LogP contribution in [0.2, 0.25) is 0 Å². The van der Waals surface area contributed by atoms with E-state index in [1.54, 1.807) is 4.90 Å². The molecule has 1 saturated heterocycles. The lowest BCUT2D eigenvalue weighted by molar-refractivity contribution is -0.122. The first-order chi connectivity index (χ1) is 11.8. The van der Waals surface area contributed by atoms with Crippen molar-refractivity contribution < 1.29 is 4.79 Å². The highest BCUT2D eigenvalue weighted by Gasteiger charge is 2.36. The predicted molar refractivity (Wildman–Crippen MR) is 93.3 cm³/mol. The van der Waals surface area contributed by atoms with E-state index in [1.165, 1.54) is 5.56 Å². The standard InChI is InChI=1S/C19H18N4O/c20-13-16-14-23(12-11-15-7-3-1-4-8-15)19(24)18(16)22-21-17-9-5-2-6-10-17/h1-10,16,21H,11-12,14H2/b22-18+/t16-/m0/s1. The first kappa shape index (κ1) is 15.8. The number of carbonyl (C=O) groups excluding carboxylic acids is 1. The van der Waals surface area contributed by atoms with Gasteiger partial charge in [-0.1, -0.05) is 48.5 Å². The number of para-hydroxylation sites is 1. The average molecular weight is 318 g/mol. The molecule has 0 spiro atoms. The Morgan fingerprint density at radius 1 is 1.12 bits per heavy atom. The fraction of sp³-hybridized carbons (Fsp3) is 0.211. The number of nitriles is 1. The Labute approximate surface area is 141 Å². The van der Waals surface area contributed by atoms with Crippen LogP contribution in [-0.2, 0) is 11.2 Å². The molecule has 24 heavy (non-hydrogen) atoms. The number of benzene rings is 2. The lowest BCUT2D eigenvalue weighted by atomic mass is 10.1. The van der Waals surface area contributed by atoms with E-state index in [0.717, 1.165) is 12.1 Å². The largest absolute Gasteiger partial charge is 0.335 e. The molecule has 0 aromatic heterocycles. The van der Waals surface area contributed by atoms with Gasteiger partial charge in [0.1, 0.15) is 11.6 Å². The molecule has 1 fully saturated rings. The van der Waals surface area contributed by atoms with Gasteiger partial charge in [-0.3, -0.25) is 10.2 Å². The van der Waals surface area contributed by atoms with Gasteiger partial charge >= 0.3 is 0 Å². The van der Waals surface area contributed by atoms with Crippen molar-refractivity contribution in [3.8, 4) is 6.07 Å². The quantitative estimate of drug-likeness (QED) is 0.862. The van der Waals surface area contributed by atoms with E-state index in [1.807, 2.05) is 60.7 Å². The van der Waals surface area contributed by atoms with E-state index >= 15 is 0 Å². The van der Waals surface area contributed by atoms with Gasteiger partial charge in [0.25, 0.3) is 5.91 Å². The molecule has 1 aliphatic rings. The SMILES string of the molecule is N#C[C@H]1CN(CCc2ccccc2)C(=O)/C1=N/Nc1ccccc1. The smallest absolute Gasteiger partial charge is 0.271 e. The molecule has 0 bridgehead atoms. The molecular weight excluding hydrogens is 300 g/mol. The van der Waals surface area contributed by atoms with Crippen LogP contribution >= 0.6 is 0 Å². The summed E-state index contributed by atoms with van der Waals surface area (Å²) in [5.41, 5.74) is 5.11. The Balaban J connectivity index is 1.67. The highest BCUT2D eigenvalue weighted by atomic mass is 16.2. The van der Waals surface area contributed by atoms with Crippen LogP contribution in [0.4, 0.5) is 5.69 Å². The van der Waals surface area contributed by atoms with Gasteiger partial charge in [-0.25, -0.2) is 0 Å². The van der Waals surface area contributed by atoms with Crippen LogP contribution < -0.4 is 5.43 Å². The third-order valence-corrected chi connectivity index (χ3v) is 3.99. The summed E-state index contributed by atoms with van der Waals surface area (Å²) in [6.07, 6.45) is 0.768. The van der Waals surface area contributed by atoms with Crippen LogP contribution in [0, 0.1) is 17.2 Å². The molecule has 0 radical (unpaired) electrons. The zero-order valence-electron chi connectivity index (χ0n) is 13.2. The number of hydrogen-bond acceptors (Lipinski definition) is 4. The van der Waals surface area contributed by atoms with E-state index < -0.39 is 5.92 Å². The van der Waals surface area contributed by atoms with Crippen LogP contribution in [0.25, 0.3) is 0 Å². The first-order valence-electron chi connectivity index (χ1n) is 7.89.